The third-order valence-electron chi connectivity index (χ3n) is 1.40. The standard InChI is InChI=1S/C5H10FN2.HI/c1-7-3-4-8(2)5(7)6;/h3-4H2,1-2H3;1H/q+1;/p-1. The smallest absolute Gasteiger partial charge is 0.435 e. The van der Waals surface area contributed by atoms with Gasteiger partial charge >= 0.3 is 6.09 Å². The van der Waals surface area contributed by atoms with Crippen LogP contribution in [-0.4, -0.2) is 42.7 Å². The normalized spacial score (nSPS) is 18.3. The first-order valence-electron chi connectivity index (χ1n) is 2.66. The zero-order valence-electron chi connectivity index (χ0n) is 5.56. The Kier molecular flexibility index (Phi) is 3.38. The van der Waals surface area contributed by atoms with Crippen molar-refractivity contribution in [2.45, 2.75) is 0 Å². The van der Waals surface area contributed by atoms with Crippen LogP contribution in [-0.2, 0) is 0 Å². The van der Waals surface area contributed by atoms with E-state index < -0.39 is 0 Å². The third kappa shape index (κ3) is 1.77. The Labute approximate surface area is 71.4 Å². The Morgan fingerprint density at radius 1 is 1.67 bits per heavy atom. The zero-order valence-corrected chi connectivity index (χ0v) is 7.72. The summed E-state index contributed by atoms with van der Waals surface area (Å²) < 4.78 is 14.1. The van der Waals surface area contributed by atoms with Crippen LogP contribution in [0, 0.1) is 0 Å². The van der Waals surface area contributed by atoms with Crippen LogP contribution in [0.15, 0.2) is 0 Å². The Morgan fingerprint density at radius 2 is 2.22 bits per heavy atom. The summed E-state index contributed by atoms with van der Waals surface area (Å²) in [5.41, 5.74) is 0. The predicted octanol–water partition coefficient (Wildman–Crippen LogP) is -3.10. The Bertz CT molecular complexity index is 135. The number of amidine groups is 1. The van der Waals surface area contributed by atoms with Crippen LogP contribution in [0.2, 0.25) is 0 Å². The number of nitrogens with zero attached hydrogens (tertiary/aromatic N) is 2. The van der Waals surface area contributed by atoms with Gasteiger partial charge in [0.15, 0.2) is 0 Å². The molecule has 0 spiro atoms. The molecule has 0 unspecified atom stereocenters. The molecular formula is C5H10FIN2. The summed E-state index contributed by atoms with van der Waals surface area (Å²) in [7, 11) is 3.50. The second-order valence-corrected chi connectivity index (χ2v) is 2.11. The lowest BCUT2D eigenvalue weighted by Gasteiger charge is -1.94. The SMILES string of the molecule is CN1CC[N+](C)=C1F.[I-]. The van der Waals surface area contributed by atoms with Crippen molar-refractivity contribution in [1.29, 1.82) is 0 Å². The van der Waals surface area contributed by atoms with E-state index in [1.54, 1.807) is 23.6 Å². The lowest BCUT2D eigenvalue weighted by molar-refractivity contribution is -0.491. The van der Waals surface area contributed by atoms with E-state index in [4.69, 9.17) is 0 Å². The predicted molar refractivity (Wildman–Crippen MR) is 29.8 cm³/mol. The van der Waals surface area contributed by atoms with Gasteiger partial charge < -0.3 is 24.0 Å². The summed E-state index contributed by atoms with van der Waals surface area (Å²) in [6.45, 7) is 1.62. The van der Waals surface area contributed by atoms with Crippen molar-refractivity contribution in [2.75, 3.05) is 27.2 Å². The van der Waals surface area contributed by atoms with Gasteiger partial charge in [-0.05, 0) is 0 Å². The van der Waals surface area contributed by atoms with Crippen LogP contribution >= 0.6 is 0 Å². The van der Waals surface area contributed by atoms with E-state index >= 15 is 0 Å². The van der Waals surface area contributed by atoms with Crippen LogP contribution < -0.4 is 24.0 Å². The number of halogens is 2. The molecule has 1 heterocycles. The molecule has 0 saturated heterocycles. The van der Waals surface area contributed by atoms with Gasteiger partial charge in [0.05, 0.1) is 14.1 Å². The molecule has 9 heavy (non-hydrogen) atoms. The Hall–Kier alpha value is 0.130. The Morgan fingerprint density at radius 3 is 2.33 bits per heavy atom. The van der Waals surface area contributed by atoms with Crippen molar-refractivity contribution >= 4 is 6.09 Å². The van der Waals surface area contributed by atoms with Crippen LogP contribution in [0.3, 0.4) is 0 Å². The number of hydrogen-bond donors (Lipinski definition) is 0. The van der Waals surface area contributed by atoms with Gasteiger partial charge in [-0.1, -0.05) is 0 Å². The summed E-state index contributed by atoms with van der Waals surface area (Å²) in [6.07, 6.45) is -0.120. The average molecular weight is 244 g/mol. The minimum absolute atomic E-state index is 0. The molecule has 4 heteroatoms. The maximum Gasteiger partial charge on any atom is 0.435 e. The lowest BCUT2D eigenvalue weighted by atomic mass is 10.6. The lowest BCUT2D eigenvalue weighted by Crippen LogP contribution is -3.00. The molecular weight excluding hydrogens is 234 g/mol. The highest BCUT2D eigenvalue weighted by Gasteiger charge is 2.23. The van der Waals surface area contributed by atoms with Gasteiger partial charge in [-0.15, -0.1) is 4.39 Å². The zero-order chi connectivity index (χ0) is 6.15. The number of likely N-dealkylation sites (N-methyl/N-ethyl adjacent to an activating group) is 2. The molecule has 0 aromatic rings. The molecule has 54 valence electrons. The molecule has 0 amide bonds. The molecule has 0 radical (unpaired) electrons. The van der Waals surface area contributed by atoms with Gasteiger partial charge in [0.25, 0.3) is 0 Å². The molecule has 0 atom stereocenters. The van der Waals surface area contributed by atoms with E-state index in [-0.39, 0.29) is 30.1 Å². The first-order valence-corrected chi connectivity index (χ1v) is 2.66. The van der Waals surface area contributed by atoms with Crippen molar-refractivity contribution in [3.05, 3.63) is 0 Å². The summed E-state index contributed by atoms with van der Waals surface area (Å²) in [5, 5.41) is 0. The van der Waals surface area contributed by atoms with Gasteiger partial charge in [-0.2, -0.15) is 0 Å². The van der Waals surface area contributed by atoms with Gasteiger partial charge in [-0.3, -0.25) is 0 Å². The average Bonchev–Trinajstić information content (AvgIpc) is 1.98. The van der Waals surface area contributed by atoms with Crippen molar-refractivity contribution < 1.29 is 32.9 Å². The van der Waals surface area contributed by atoms with E-state index in [2.05, 4.69) is 0 Å². The second kappa shape index (κ2) is 3.34. The quantitative estimate of drug-likeness (QED) is 0.248. The van der Waals surface area contributed by atoms with Gasteiger partial charge in [0.1, 0.15) is 13.1 Å². The topological polar surface area (TPSA) is 6.25 Å². The first-order chi connectivity index (χ1) is 3.72. The maximum atomic E-state index is 12.5. The molecule has 1 aliphatic heterocycles. The molecule has 0 N–H and O–H groups in total. The van der Waals surface area contributed by atoms with Crippen LogP contribution in [0.1, 0.15) is 0 Å². The summed E-state index contributed by atoms with van der Waals surface area (Å²) in [4.78, 5) is 1.60. The van der Waals surface area contributed by atoms with Crippen LogP contribution in [0.25, 0.3) is 0 Å². The van der Waals surface area contributed by atoms with E-state index in [9.17, 15) is 4.39 Å². The number of hydrogen-bond acceptors (Lipinski definition) is 1. The highest BCUT2D eigenvalue weighted by Crippen LogP contribution is 1.95. The molecule has 0 saturated carbocycles. The summed E-state index contributed by atoms with van der Waals surface area (Å²) in [6, 6.07) is 0. The van der Waals surface area contributed by atoms with Gasteiger partial charge in [0.2, 0.25) is 0 Å². The summed E-state index contributed by atoms with van der Waals surface area (Å²) >= 11 is 0. The van der Waals surface area contributed by atoms with Crippen molar-refractivity contribution in [1.82, 2.24) is 4.90 Å². The molecule has 1 aliphatic rings. The largest absolute Gasteiger partial charge is 1.00 e. The van der Waals surface area contributed by atoms with Crippen molar-refractivity contribution in [3.8, 4) is 0 Å². The fourth-order valence-corrected chi connectivity index (χ4v) is 0.776. The van der Waals surface area contributed by atoms with Crippen molar-refractivity contribution in [2.24, 2.45) is 0 Å². The van der Waals surface area contributed by atoms with Crippen LogP contribution in [0.5, 0.6) is 0 Å². The third-order valence-corrected chi connectivity index (χ3v) is 1.40. The van der Waals surface area contributed by atoms with E-state index in [1.807, 2.05) is 0 Å². The second-order valence-electron chi connectivity index (χ2n) is 2.11. The van der Waals surface area contributed by atoms with E-state index in [0.29, 0.717) is 0 Å². The van der Waals surface area contributed by atoms with Gasteiger partial charge in [-0.25, -0.2) is 9.48 Å². The van der Waals surface area contributed by atoms with Gasteiger partial charge in [0, 0.05) is 0 Å². The molecule has 0 bridgehead atoms. The van der Waals surface area contributed by atoms with Crippen molar-refractivity contribution in [3.63, 3.8) is 0 Å². The first kappa shape index (κ1) is 9.13. The Balaban J connectivity index is 0.000000640. The monoisotopic (exact) mass is 244 g/mol. The molecule has 0 fully saturated rings. The molecule has 0 aliphatic carbocycles. The summed E-state index contributed by atoms with van der Waals surface area (Å²) in [5.74, 6) is 0. The van der Waals surface area contributed by atoms with E-state index in [1.165, 1.54) is 0 Å². The highest BCUT2D eigenvalue weighted by molar-refractivity contribution is 5.67. The van der Waals surface area contributed by atoms with E-state index in [0.717, 1.165) is 13.1 Å². The highest BCUT2D eigenvalue weighted by atomic mass is 127. The molecule has 1 rings (SSSR count). The molecule has 0 aromatic heterocycles. The maximum absolute atomic E-state index is 12.5. The number of rotatable bonds is 0. The fraction of sp³-hybridized carbons (Fsp3) is 0.800. The molecule has 2 nitrogen and oxygen atoms in total. The minimum Gasteiger partial charge on any atom is -1.00 e. The molecule has 0 aromatic carbocycles. The minimum atomic E-state index is -0.120. The van der Waals surface area contributed by atoms with Crippen LogP contribution in [0.4, 0.5) is 4.39 Å². The fourth-order valence-electron chi connectivity index (χ4n) is 0.776.